The molecular weight excluding hydrogens is 186 g/mol. The Morgan fingerprint density at radius 2 is 2.00 bits per heavy atom. The van der Waals surface area contributed by atoms with Gasteiger partial charge in [0, 0.05) is 7.05 Å². The first-order valence-electron chi connectivity index (χ1n) is 4.68. The number of hydrogen-bond donors (Lipinski definition) is 3. The summed E-state index contributed by atoms with van der Waals surface area (Å²) in [5.74, 6) is -3.06. The van der Waals surface area contributed by atoms with Crippen LogP contribution in [0.25, 0.3) is 0 Å². The lowest BCUT2D eigenvalue weighted by molar-refractivity contribution is -0.198. The van der Waals surface area contributed by atoms with E-state index in [1.807, 2.05) is 13.8 Å². The summed E-state index contributed by atoms with van der Waals surface area (Å²) in [5, 5.41) is 20.3. The molecule has 0 aliphatic carbocycles. The Bertz CT molecular complexity index is 228. The maximum Gasteiger partial charge on any atom is 0.299 e. The predicted octanol–water partition coefficient (Wildman–Crippen LogP) is -1.69. The highest BCUT2D eigenvalue weighted by Crippen LogP contribution is 2.19. The molecule has 1 atom stereocenters. The normalized spacial score (nSPS) is 26.3. The number of hydrazine groups is 1. The van der Waals surface area contributed by atoms with Gasteiger partial charge in [0.1, 0.15) is 6.17 Å². The van der Waals surface area contributed by atoms with Gasteiger partial charge in [-0.05, 0) is 13.1 Å². The molecule has 82 valence electrons. The van der Waals surface area contributed by atoms with E-state index in [-0.39, 0.29) is 0 Å². The van der Waals surface area contributed by atoms with E-state index >= 15 is 0 Å². The highest BCUT2D eigenvalue weighted by molar-refractivity contribution is 5.85. The smallest absolute Gasteiger partial charge is 0.299 e. The van der Waals surface area contributed by atoms with Gasteiger partial charge in [0.05, 0.1) is 0 Å². The molecule has 1 amide bonds. The number of rotatable bonds is 3. The molecule has 0 radical (unpaired) electrons. The van der Waals surface area contributed by atoms with Gasteiger partial charge < -0.3 is 10.2 Å². The molecule has 6 heteroatoms. The molecule has 0 spiro atoms. The Morgan fingerprint density at radius 3 is 2.29 bits per heavy atom. The maximum atomic E-state index is 11.3. The molecule has 0 aromatic carbocycles. The van der Waals surface area contributed by atoms with Crippen LogP contribution in [-0.2, 0) is 4.79 Å². The van der Waals surface area contributed by atoms with Crippen LogP contribution >= 0.6 is 0 Å². The first-order chi connectivity index (χ1) is 6.45. The average Bonchev–Trinajstić information content (AvgIpc) is 2.33. The fourth-order valence-electron chi connectivity index (χ4n) is 1.62. The van der Waals surface area contributed by atoms with Crippen LogP contribution in [-0.4, -0.2) is 58.1 Å². The van der Waals surface area contributed by atoms with Crippen molar-refractivity contribution in [3.63, 3.8) is 0 Å². The van der Waals surface area contributed by atoms with Gasteiger partial charge in [0.25, 0.3) is 11.7 Å². The third kappa shape index (κ3) is 1.61. The minimum Gasteiger partial charge on any atom is -0.356 e. The third-order valence-corrected chi connectivity index (χ3v) is 2.49. The largest absolute Gasteiger partial charge is 0.356 e. The maximum absolute atomic E-state index is 11.3. The van der Waals surface area contributed by atoms with Crippen LogP contribution in [0, 0.1) is 0 Å². The molecule has 1 saturated heterocycles. The molecule has 1 heterocycles. The predicted molar refractivity (Wildman–Crippen MR) is 49.8 cm³/mol. The van der Waals surface area contributed by atoms with Crippen LogP contribution in [0.3, 0.4) is 0 Å². The van der Waals surface area contributed by atoms with E-state index < -0.39 is 17.9 Å². The SMILES string of the molecule is CCN(CC)C1NN(C)C(=O)C1(O)O. The summed E-state index contributed by atoms with van der Waals surface area (Å²) in [6.45, 7) is 5.06. The van der Waals surface area contributed by atoms with Crippen molar-refractivity contribution in [2.75, 3.05) is 20.1 Å². The van der Waals surface area contributed by atoms with Crippen molar-refractivity contribution in [1.82, 2.24) is 15.3 Å². The van der Waals surface area contributed by atoms with Gasteiger partial charge in [-0.1, -0.05) is 13.8 Å². The zero-order chi connectivity index (χ0) is 10.9. The molecule has 0 bridgehead atoms. The van der Waals surface area contributed by atoms with Crippen molar-refractivity contribution in [3.8, 4) is 0 Å². The monoisotopic (exact) mass is 203 g/mol. The Morgan fingerprint density at radius 1 is 1.50 bits per heavy atom. The van der Waals surface area contributed by atoms with Gasteiger partial charge in [-0.3, -0.25) is 14.7 Å². The molecule has 1 aliphatic heterocycles. The lowest BCUT2D eigenvalue weighted by Crippen LogP contribution is -2.56. The molecule has 0 aromatic rings. The van der Waals surface area contributed by atoms with Crippen molar-refractivity contribution >= 4 is 5.91 Å². The van der Waals surface area contributed by atoms with E-state index in [9.17, 15) is 15.0 Å². The second-order valence-corrected chi connectivity index (χ2v) is 3.34. The summed E-state index contributed by atoms with van der Waals surface area (Å²) in [4.78, 5) is 13.1. The van der Waals surface area contributed by atoms with Crippen LogP contribution in [0.4, 0.5) is 0 Å². The van der Waals surface area contributed by atoms with Crippen LogP contribution in [0.5, 0.6) is 0 Å². The second-order valence-electron chi connectivity index (χ2n) is 3.34. The van der Waals surface area contributed by atoms with Crippen molar-refractivity contribution in [1.29, 1.82) is 0 Å². The fraction of sp³-hybridized carbons (Fsp3) is 0.875. The van der Waals surface area contributed by atoms with Crippen molar-refractivity contribution in [2.24, 2.45) is 0 Å². The number of hydrogen-bond acceptors (Lipinski definition) is 5. The summed E-state index contributed by atoms with van der Waals surface area (Å²) in [6, 6.07) is 0. The van der Waals surface area contributed by atoms with Gasteiger partial charge in [-0.15, -0.1) is 0 Å². The number of likely N-dealkylation sites (N-methyl/N-ethyl adjacent to an activating group) is 2. The van der Waals surface area contributed by atoms with E-state index in [2.05, 4.69) is 5.43 Å². The molecular formula is C8H17N3O3. The zero-order valence-electron chi connectivity index (χ0n) is 8.69. The Balaban J connectivity index is 2.85. The van der Waals surface area contributed by atoms with Crippen molar-refractivity contribution < 1.29 is 15.0 Å². The van der Waals surface area contributed by atoms with Crippen LogP contribution < -0.4 is 5.43 Å². The molecule has 1 rings (SSSR count). The highest BCUT2D eigenvalue weighted by Gasteiger charge is 2.53. The van der Waals surface area contributed by atoms with E-state index in [4.69, 9.17) is 0 Å². The Labute approximate surface area is 83.1 Å². The van der Waals surface area contributed by atoms with E-state index in [0.717, 1.165) is 5.01 Å². The minimum atomic E-state index is -2.33. The first kappa shape index (κ1) is 11.4. The van der Waals surface area contributed by atoms with Crippen molar-refractivity contribution in [3.05, 3.63) is 0 Å². The molecule has 3 N–H and O–H groups in total. The zero-order valence-corrected chi connectivity index (χ0v) is 8.69. The molecule has 1 unspecified atom stereocenters. The van der Waals surface area contributed by atoms with Gasteiger partial charge in [-0.2, -0.15) is 0 Å². The van der Waals surface area contributed by atoms with E-state index in [1.54, 1.807) is 4.90 Å². The summed E-state index contributed by atoms with van der Waals surface area (Å²) in [6.07, 6.45) is -0.769. The third-order valence-electron chi connectivity index (χ3n) is 2.49. The number of nitrogens with zero attached hydrogens (tertiary/aromatic N) is 2. The average molecular weight is 203 g/mol. The summed E-state index contributed by atoms with van der Waals surface area (Å²) >= 11 is 0. The van der Waals surface area contributed by atoms with Crippen LogP contribution in [0.15, 0.2) is 0 Å². The highest BCUT2D eigenvalue weighted by atomic mass is 16.5. The minimum absolute atomic E-state index is 0.637. The summed E-state index contributed by atoms with van der Waals surface area (Å²) in [5.41, 5.74) is 2.71. The lowest BCUT2D eigenvalue weighted by atomic mass is 10.2. The molecule has 0 aromatic heterocycles. The molecule has 1 fully saturated rings. The molecule has 0 saturated carbocycles. The number of nitrogens with one attached hydrogen (secondary N) is 1. The van der Waals surface area contributed by atoms with Gasteiger partial charge >= 0.3 is 0 Å². The summed E-state index contributed by atoms with van der Waals surface area (Å²) in [7, 11) is 1.47. The number of carbonyl (C=O) groups is 1. The van der Waals surface area contributed by atoms with Gasteiger partial charge in [0.15, 0.2) is 0 Å². The number of aliphatic hydroxyl groups is 2. The molecule has 6 nitrogen and oxygen atoms in total. The quantitative estimate of drug-likeness (QED) is 0.477. The van der Waals surface area contributed by atoms with Gasteiger partial charge in [-0.25, -0.2) is 5.43 Å². The Hall–Kier alpha value is -0.690. The van der Waals surface area contributed by atoms with Crippen molar-refractivity contribution in [2.45, 2.75) is 25.8 Å². The molecule has 1 aliphatic rings. The number of amides is 1. The fourth-order valence-corrected chi connectivity index (χ4v) is 1.62. The molecule has 14 heavy (non-hydrogen) atoms. The standard InChI is InChI=1S/C8H17N3O3/c1-4-11(5-2)6-8(13,14)7(12)10(3)9-6/h6,9,13-14H,4-5H2,1-3H3. The van der Waals surface area contributed by atoms with E-state index in [0.29, 0.717) is 13.1 Å². The van der Waals surface area contributed by atoms with E-state index in [1.165, 1.54) is 7.05 Å². The van der Waals surface area contributed by atoms with Crippen LogP contribution in [0.1, 0.15) is 13.8 Å². The second kappa shape index (κ2) is 3.82. The van der Waals surface area contributed by atoms with Crippen LogP contribution in [0.2, 0.25) is 0 Å². The topological polar surface area (TPSA) is 76.0 Å². The first-order valence-corrected chi connectivity index (χ1v) is 4.68. The number of carbonyl (C=O) groups excluding carboxylic acids is 1. The lowest BCUT2D eigenvalue weighted by Gasteiger charge is -2.30. The summed E-state index contributed by atoms with van der Waals surface area (Å²) < 4.78 is 0. The Kier molecular flexibility index (Phi) is 3.10. The van der Waals surface area contributed by atoms with Gasteiger partial charge in [0.2, 0.25) is 0 Å².